The third-order valence-electron chi connectivity index (χ3n) is 14.6. The van der Waals surface area contributed by atoms with Crippen LogP contribution in [0.5, 0.6) is 0 Å². The van der Waals surface area contributed by atoms with E-state index in [0.29, 0.717) is 19.3 Å². The maximum Gasteiger partial charge on any atom is 0.306 e. The Morgan fingerprint density at radius 3 is 0.835 bits per heavy atom. The Kier molecular flexibility index (Phi) is 63.7. The molecule has 0 saturated heterocycles. The van der Waals surface area contributed by atoms with Gasteiger partial charge in [-0.15, -0.1) is 0 Å². The Morgan fingerprint density at radius 1 is 0.266 bits per heavy atom. The summed E-state index contributed by atoms with van der Waals surface area (Å²) in [5, 5.41) is 0. The van der Waals surface area contributed by atoms with Crippen LogP contribution in [-0.2, 0) is 28.6 Å². The fourth-order valence-corrected chi connectivity index (χ4v) is 9.55. The van der Waals surface area contributed by atoms with Crippen molar-refractivity contribution in [3.8, 4) is 0 Å². The fourth-order valence-electron chi connectivity index (χ4n) is 9.55. The smallest absolute Gasteiger partial charge is 0.306 e. The lowest BCUT2D eigenvalue weighted by molar-refractivity contribution is -0.167. The predicted octanol–water partition coefficient (Wildman–Crippen LogP) is 23.2. The molecule has 0 aromatic carbocycles. The van der Waals surface area contributed by atoms with Crippen LogP contribution in [0.1, 0.15) is 329 Å². The molecule has 454 valence electrons. The first-order chi connectivity index (χ1) is 39.0. The van der Waals surface area contributed by atoms with Crippen LogP contribution in [0.25, 0.3) is 0 Å². The van der Waals surface area contributed by atoms with Crippen LogP contribution >= 0.6 is 0 Å². The van der Waals surface area contributed by atoms with Crippen molar-refractivity contribution in [2.45, 2.75) is 335 Å². The van der Waals surface area contributed by atoms with Gasteiger partial charge in [-0.05, 0) is 96.3 Å². The molecule has 0 saturated carbocycles. The van der Waals surface area contributed by atoms with Gasteiger partial charge in [0.1, 0.15) is 13.2 Å². The quantitative estimate of drug-likeness (QED) is 0.0261. The highest BCUT2D eigenvalue weighted by Crippen LogP contribution is 2.17. The van der Waals surface area contributed by atoms with E-state index >= 15 is 0 Å². The summed E-state index contributed by atoms with van der Waals surface area (Å²) in [5.74, 6) is -0.958. The highest BCUT2D eigenvalue weighted by molar-refractivity contribution is 5.71. The number of allylic oxidation sites excluding steroid dienone is 16. The van der Waals surface area contributed by atoms with Crippen molar-refractivity contribution in [3.05, 3.63) is 97.2 Å². The van der Waals surface area contributed by atoms with Gasteiger partial charge in [-0.2, -0.15) is 0 Å². The molecule has 79 heavy (non-hydrogen) atoms. The maximum atomic E-state index is 12.9. The highest BCUT2D eigenvalue weighted by Gasteiger charge is 2.19. The Morgan fingerprint density at radius 2 is 0.506 bits per heavy atom. The van der Waals surface area contributed by atoms with Gasteiger partial charge in [-0.1, -0.05) is 311 Å². The summed E-state index contributed by atoms with van der Waals surface area (Å²) < 4.78 is 16.9. The number of hydrogen-bond acceptors (Lipinski definition) is 6. The largest absolute Gasteiger partial charge is 0.462 e. The lowest BCUT2D eigenvalue weighted by atomic mass is 10.0. The number of ether oxygens (including phenoxy) is 3. The standard InChI is InChI=1S/C73H126O6/c1-4-7-10-13-16-19-22-25-27-29-31-33-35-36-38-39-41-43-45-48-51-54-57-60-63-66-72(75)78-69-70(68-77-71(74)65-62-59-56-53-50-47-24-21-18-15-12-9-6-3)79-73(76)67-64-61-58-55-52-49-46-44-42-40-37-34-32-30-28-26-23-20-17-14-11-8-5-2/h8,11,17,20-21,24,26,28,32,34,40,42,46,49,55,58,70H,4-7,9-10,12-16,18-19,22-23,25,27,29-31,33,35-39,41,43-45,47-48,50-54,56-57,59-69H2,1-3H3/b11-8-,20-17-,24-21-,28-26-,34-32-,42-40-,49-46-,58-55-. The van der Waals surface area contributed by atoms with E-state index in [1.165, 1.54) is 180 Å². The normalized spacial score (nSPS) is 12.7. The second kappa shape index (κ2) is 66.8. The van der Waals surface area contributed by atoms with Crippen LogP contribution in [0.2, 0.25) is 0 Å². The van der Waals surface area contributed by atoms with Crippen LogP contribution in [-0.4, -0.2) is 37.2 Å². The molecule has 0 bridgehead atoms. The van der Waals surface area contributed by atoms with Gasteiger partial charge in [0.05, 0.1) is 0 Å². The van der Waals surface area contributed by atoms with Crippen molar-refractivity contribution in [1.82, 2.24) is 0 Å². The molecule has 6 nitrogen and oxygen atoms in total. The van der Waals surface area contributed by atoms with Crippen LogP contribution in [0, 0.1) is 0 Å². The number of carbonyl (C=O) groups excluding carboxylic acids is 3. The number of rotatable bonds is 61. The van der Waals surface area contributed by atoms with Crippen molar-refractivity contribution in [2.75, 3.05) is 13.2 Å². The van der Waals surface area contributed by atoms with Gasteiger partial charge in [0, 0.05) is 19.3 Å². The molecule has 0 heterocycles. The third kappa shape index (κ3) is 65.0. The third-order valence-corrected chi connectivity index (χ3v) is 14.6. The van der Waals surface area contributed by atoms with Crippen LogP contribution in [0.15, 0.2) is 97.2 Å². The maximum absolute atomic E-state index is 12.9. The molecule has 0 N–H and O–H groups in total. The Hall–Kier alpha value is -3.67. The number of carbonyl (C=O) groups is 3. The van der Waals surface area contributed by atoms with Gasteiger partial charge < -0.3 is 14.2 Å². The molecule has 0 radical (unpaired) electrons. The minimum atomic E-state index is -0.812. The summed E-state index contributed by atoms with van der Waals surface area (Å²) in [4.78, 5) is 38.3. The number of unbranched alkanes of at least 4 members (excludes halogenated alkanes) is 34. The minimum Gasteiger partial charge on any atom is -0.462 e. The van der Waals surface area contributed by atoms with E-state index in [4.69, 9.17) is 14.2 Å². The molecule has 1 atom stereocenters. The van der Waals surface area contributed by atoms with Crippen molar-refractivity contribution in [2.24, 2.45) is 0 Å². The van der Waals surface area contributed by atoms with Gasteiger partial charge in [0.2, 0.25) is 0 Å². The topological polar surface area (TPSA) is 78.9 Å². The van der Waals surface area contributed by atoms with Gasteiger partial charge >= 0.3 is 17.9 Å². The van der Waals surface area contributed by atoms with Crippen molar-refractivity contribution in [3.63, 3.8) is 0 Å². The van der Waals surface area contributed by atoms with Crippen LogP contribution in [0.4, 0.5) is 0 Å². The summed E-state index contributed by atoms with van der Waals surface area (Å²) in [6, 6.07) is 0. The Bertz CT molecular complexity index is 1540. The second-order valence-electron chi connectivity index (χ2n) is 22.4. The molecule has 0 spiro atoms. The zero-order chi connectivity index (χ0) is 57.1. The molecule has 0 aromatic rings. The molecule has 0 amide bonds. The monoisotopic (exact) mass is 1100 g/mol. The summed E-state index contributed by atoms with van der Waals surface area (Å²) in [5.41, 5.74) is 0. The lowest BCUT2D eigenvalue weighted by Gasteiger charge is -2.18. The second-order valence-corrected chi connectivity index (χ2v) is 22.4. The van der Waals surface area contributed by atoms with Gasteiger partial charge in [-0.3, -0.25) is 14.4 Å². The first kappa shape index (κ1) is 75.3. The van der Waals surface area contributed by atoms with E-state index in [-0.39, 0.29) is 37.5 Å². The zero-order valence-electron chi connectivity index (χ0n) is 52.1. The lowest BCUT2D eigenvalue weighted by Crippen LogP contribution is -2.30. The average Bonchev–Trinajstić information content (AvgIpc) is 3.45. The molecule has 0 rings (SSSR count). The molecule has 0 aliphatic carbocycles. The van der Waals surface area contributed by atoms with E-state index in [1.807, 2.05) is 0 Å². The fraction of sp³-hybridized carbons (Fsp3) is 0.740. The van der Waals surface area contributed by atoms with Crippen LogP contribution in [0.3, 0.4) is 0 Å². The van der Waals surface area contributed by atoms with Gasteiger partial charge in [0.25, 0.3) is 0 Å². The molecular formula is C73H126O6. The Labute approximate surface area is 489 Å². The van der Waals surface area contributed by atoms with E-state index < -0.39 is 6.10 Å². The summed E-state index contributed by atoms with van der Waals surface area (Å²) in [6.45, 7) is 6.50. The van der Waals surface area contributed by atoms with Crippen molar-refractivity contribution in [1.29, 1.82) is 0 Å². The van der Waals surface area contributed by atoms with Gasteiger partial charge in [0.15, 0.2) is 6.10 Å². The summed E-state index contributed by atoms with van der Waals surface area (Å²) in [6.07, 6.45) is 90.1. The number of hydrogen-bond donors (Lipinski definition) is 0. The molecule has 0 aromatic heterocycles. The minimum absolute atomic E-state index is 0.101. The molecule has 6 heteroatoms. The van der Waals surface area contributed by atoms with E-state index in [2.05, 4.69) is 118 Å². The van der Waals surface area contributed by atoms with Crippen molar-refractivity contribution < 1.29 is 28.6 Å². The summed E-state index contributed by atoms with van der Waals surface area (Å²) in [7, 11) is 0. The van der Waals surface area contributed by atoms with E-state index in [9.17, 15) is 14.4 Å². The number of esters is 3. The predicted molar refractivity (Wildman–Crippen MR) is 344 cm³/mol. The zero-order valence-corrected chi connectivity index (χ0v) is 52.1. The van der Waals surface area contributed by atoms with E-state index in [1.54, 1.807) is 0 Å². The Balaban J connectivity index is 4.37. The molecular weight excluding hydrogens is 973 g/mol. The average molecular weight is 1100 g/mol. The molecule has 0 aliphatic heterocycles. The highest BCUT2D eigenvalue weighted by atomic mass is 16.6. The summed E-state index contributed by atoms with van der Waals surface area (Å²) >= 11 is 0. The molecule has 0 fully saturated rings. The molecule has 1 unspecified atom stereocenters. The first-order valence-electron chi connectivity index (χ1n) is 33.7. The van der Waals surface area contributed by atoms with E-state index in [0.717, 1.165) is 103 Å². The van der Waals surface area contributed by atoms with Crippen LogP contribution < -0.4 is 0 Å². The van der Waals surface area contributed by atoms with Gasteiger partial charge in [-0.25, -0.2) is 0 Å². The van der Waals surface area contributed by atoms with Crippen molar-refractivity contribution >= 4 is 17.9 Å². The molecule has 0 aliphatic rings. The SMILES string of the molecule is CC/C=C\C/C=C\C/C=C\C/C=C\C/C=C\C/C=C\C/C=C\CCCC(=O)OC(COC(=O)CCCCCCC/C=C\CCCCCC)COC(=O)CCCCCCCCCCCCCCCCCCCCCCCCCCC. The first-order valence-corrected chi connectivity index (χ1v) is 33.7.